The van der Waals surface area contributed by atoms with Crippen molar-refractivity contribution in [2.75, 3.05) is 7.11 Å². The Balaban J connectivity index is 1.38. The van der Waals surface area contributed by atoms with Gasteiger partial charge in [0.1, 0.15) is 17.2 Å². The molecule has 35 heavy (non-hydrogen) atoms. The minimum Gasteiger partial charge on any atom is -0.497 e. The molecular formula is C29H23NO5. The Bertz CT molecular complexity index is 1490. The lowest BCUT2D eigenvalue weighted by Crippen LogP contribution is -2.03. The van der Waals surface area contributed by atoms with E-state index in [1.807, 2.05) is 54.7 Å². The van der Waals surface area contributed by atoms with Gasteiger partial charge in [-0.1, -0.05) is 30.3 Å². The Hall–Kier alpha value is -4.58. The van der Waals surface area contributed by atoms with Gasteiger partial charge in [-0.05, 0) is 55.0 Å². The summed E-state index contributed by atoms with van der Waals surface area (Å²) in [5.41, 5.74) is 3.22. The summed E-state index contributed by atoms with van der Waals surface area (Å²) in [6.45, 7) is 2.85. The maximum Gasteiger partial charge on any atom is 0.336 e. The number of Topliss-reactive ketones (excluding diaryl/α,β-unsaturated/α-hetero) is 1. The molecule has 0 radical (unpaired) electrons. The van der Waals surface area contributed by atoms with Gasteiger partial charge in [0.05, 0.1) is 12.7 Å². The molecule has 4 aromatic rings. The largest absolute Gasteiger partial charge is 0.497 e. The first-order chi connectivity index (χ1) is 17.1. The van der Waals surface area contributed by atoms with E-state index in [-0.39, 0.29) is 11.5 Å². The molecule has 0 spiro atoms. The molecule has 6 nitrogen and oxygen atoms in total. The van der Waals surface area contributed by atoms with Gasteiger partial charge in [0.2, 0.25) is 5.78 Å². The van der Waals surface area contributed by atoms with Gasteiger partial charge in [0, 0.05) is 41.4 Å². The van der Waals surface area contributed by atoms with Crippen molar-refractivity contribution >= 4 is 34.8 Å². The van der Waals surface area contributed by atoms with E-state index in [2.05, 4.69) is 11.5 Å². The number of hydrogen-bond acceptors (Lipinski definition) is 5. The summed E-state index contributed by atoms with van der Waals surface area (Å²) in [4.78, 5) is 25.2. The molecule has 6 heteroatoms. The summed E-state index contributed by atoms with van der Waals surface area (Å²) in [5, 5.41) is 0.964. The number of ketones is 1. The third kappa shape index (κ3) is 4.46. The van der Waals surface area contributed by atoms with Crippen molar-refractivity contribution in [3.63, 3.8) is 0 Å². The van der Waals surface area contributed by atoms with Gasteiger partial charge in [0.25, 0.3) is 0 Å². The van der Waals surface area contributed by atoms with Crippen LogP contribution in [0.5, 0.6) is 17.2 Å². The van der Waals surface area contributed by atoms with E-state index in [9.17, 15) is 9.59 Å². The summed E-state index contributed by atoms with van der Waals surface area (Å²) in [5.74, 6) is 0.867. The molecule has 0 fully saturated rings. The van der Waals surface area contributed by atoms with Gasteiger partial charge in [0.15, 0.2) is 5.76 Å². The van der Waals surface area contributed by atoms with Crippen LogP contribution in [-0.2, 0) is 11.3 Å². The monoisotopic (exact) mass is 465 g/mol. The first kappa shape index (κ1) is 22.2. The van der Waals surface area contributed by atoms with Crippen LogP contribution in [0.2, 0.25) is 0 Å². The lowest BCUT2D eigenvalue weighted by molar-refractivity contribution is -0.128. The van der Waals surface area contributed by atoms with E-state index in [1.165, 1.54) is 6.08 Å². The fraction of sp³-hybridized carbons (Fsp3) is 0.103. The summed E-state index contributed by atoms with van der Waals surface area (Å²) < 4.78 is 18.8. The first-order valence-electron chi connectivity index (χ1n) is 11.3. The standard InChI is InChI=1S/C29H23NO5/c1-3-30-18-20(24-16-21(33-2)11-13-25(24)30)15-27-29(32)23-12-10-22(17-26(23)35-27)34-28(31)14-9-19-7-5-4-6-8-19/h4-18H,3H2,1-2H3/b14-9+,27-15+. The van der Waals surface area contributed by atoms with Gasteiger partial charge in [-0.2, -0.15) is 0 Å². The van der Waals surface area contributed by atoms with Crippen molar-refractivity contribution in [1.82, 2.24) is 4.57 Å². The number of methoxy groups -OCH3 is 1. The summed E-state index contributed by atoms with van der Waals surface area (Å²) >= 11 is 0. The molecule has 0 atom stereocenters. The van der Waals surface area contributed by atoms with Gasteiger partial charge in [-0.15, -0.1) is 0 Å². The Labute approximate surface area is 202 Å². The maximum atomic E-state index is 13.0. The van der Waals surface area contributed by atoms with Crippen LogP contribution in [0.25, 0.3) is 23.1 Å². The Kier molecular flexibility index (Phi) is 5.94. The van der Waals surface area contributed by atoms with Gasteiger partial charge >= 0.3 is 5.97 Å². The highest BCUT2D eigenvalue weighted by atomic mass is 16.5. The van der Waals surface area contributed by atoms with Crippen LogP contribution in [0.1, 0.15) is 28.4 Å². The number of aromatic nitrogens is 1. The normalized spacial score (nSPS) is 13.9. The smallest absolute Gasteiger partial charge is 0.336 e. The van der Waals surface area contributed by atoms with Crippen molar-refractivity contribution in [1.29, 1.82) is 0 Å². The van der Waals surface area contributed by atoms with Crippen LogP contribution in [-0.4, -0.2) is 23.4 Å². The van der Waals surface area contributed by atoms with Gasteiger partial charge in [-0.3, -0.25) is 4.79 Å². The van der Waals surface area contributed by atoms with E-state index in [4.69, 9.17) is 14.2 Å². The summed E-state index contributed by atoms with van der Waals surface area (Å²) in [6, 6.07) is 20.1. The second-order valence-electron chi connectivity index (χ2n) is 8.02. The van der Waals surface area contributed by atoms with Crippen molar-refractivity contribution in [3.05, 3.63) is 101 Å². The molecule has 0 saturated heterocycles. The third-order valence-corrected chi connectivity index (χ3v) is 5.82. The topological polar surface area (TPSA) is 66.8 Å². The molecule has 1 aromatic heterocycles. The summed E-state index contributed by atoms with van der Waals surface area (Å²) in [7, 11) is 1.62. The van der Waals surface area contributed by atoms with Crippen LogP contribution in [0.4, 0.5) is 0 Å². The quantitative estimate of drug-likeness (QED) is 0.201. The number of rotatable bonds is 6. The molecule has 0 saturated carbocycles. The molecule has 5 rings (SSSR count). The molecule has 174 valence electrons. The van der Waals surface area contributed by atoms with Gasteiger partial charge in [-0.25, -0.2) is 4.79 Å². The summed E-state index contributed by atoms with van der Waals surface area (Å²) in [6.07, 6.45) is 6.77. The van der Waals surface area contributed by atoms with E-state index < -0.39 is 5.97 Å². The number of aryl methyl sites for hydroxylation is 1. The second-order valence-corrected chi connectivity index (χ2v) is 8.02. The number of ether oxygens (including phenoxy) is 3. The molecule has 0 N–H and O–H groups in total. The van der Waals surface area contributed by atoms with E-state index in [0.29, 0.717) is 17.1 Å². The molecule has 3 aromatic carbocycles. The predicted octanol–water partition coefficient (Wildman–Crippen LogP) is 5.90. The number of allylic oxidation sites excluding steroid dienone is 1. The number of benzene rings is 3. The fourth-order valence-corrected chi connectivity index (χ4v) is 4.06. The highest BCUT2D eigenvalue weighted by Gasteiger charge is 2.28. The molecule has 2 heterocycles. The van der Waals surface area contributed by atoms with Crippen molar-refractivity contribution in [2.24, 2.45) is 0 Å². The minimum absolute atomic E-state index is 0.213. The van der Waals surface area contributed by atoms with Crippen molar-refractivity contribution in [3.8, 4) is 17.2 Å². The minimum atomic E-state index is -0.518. The molecular weight excluding hydrogens is 442 g/mol. The van der Waals surface area contributed by atoms with E-state index in [1.54, 1.807) is 37.5 Å². The van der Waals surface area contributed by atoms with Crippen LogP contribution in [0.3, 0.4) is 0 Å². The fourth-order valence-electron chi connectivity index (χ4n) is 4.06. The second kappa shape index (κ2) is 9.35. The number of nitrogens with zero attached hydrogens (tertiary/aromatic N) is 1. The number of carbonyl (C=O) groups excluding carboxylic acids is 2. The highest BCUT2D eigenvalue weighted by molar-refractivity contribution is 6.15. The first-order valence-corrected chi connectivity index (χ1v) is 11.3. The van der Waals surface area contributed by atoms with Crippen molar-refractivity contribution < 1.29 is 23.8 Å². The number of esters is 1. The zero-order chi connectivity index (χ0) is 24.4. The zero-order valence-corrected chi connectivity index (χ0v) is 19.4. The molecule has 1 aliphatic heterocycles. The molecule has 0 unspecified atom stereocenters. The lowest BCUT2D eigenvalue weighted by atomic mass is 10.1. The number of fused-ring (bicyclic) bond motifs is 2. The number of carbonyl (C=O) groups is 2. The lowest BCUT2D eigenvalue weighted by Gasteiger charge is -2.03. The average Bonchev–Trinajstić information content (AvgIpc) is 3.39. The highest BCUT2D eigenvalue weighted by Crippen LogP contribution is 2.36. The Morgan fingerprint density at radius 3 is 2.60 bits per heavy atom. The molecule has 0 bridgehead atoms. The van der Waals surface area contributed by atoms with Gasteiger partial charge < -0.3 is 18.8 Å². The molecule has 0 amide bonds. The Morgan fingerprint density at radius 1 is 1.03 bits per heavy atom. The molecule has 1 aliphatic rings. The van der Waals surface area contributed by atoms with Crippen LogP contribution >= 0.6 is 0 Å². The molecule has 0 aliphatic carbocycles. The SMILES string of the molecule is CCn1cc(/C=C2/Oc3cc(OC(=O)/C=C/c4ccccc4)ccc3C2=O)c2cc(OC)ccc21. The maximum absolute atomic E-state index is 13.0. The predicted molar refractivity (Wildman–Crippen MR) is 135 cm³/mol. The van der Waals surface area contributed by atoms with Crippen LogP contribution in [0.15, 0.2) is 84.8 Å². The third-order valence-electron chi connectivity index (χ3n) is 5.82. The average molecular weight is 466 g/mol. The van der Waals surface area contributed by atoms with Crippen LogP contribution < -0.4 is 14.2 Å². The van der Waals surface area contributed by atoms with Crippen molar-refractivity contribution in [2.45, 2.75) is 13.5 Å². The zero-order valence-electron chi connectivity index (χ0n) is 19.4. The van der Waals surface area contributed by atoms with Crippen LogP contribution in [0, 0.1) is 0 Å². The van der Waals surface area contributed by atoms with E-state index >= 15 is 0 Å². The van der Waals surface area contributed by atoms with E-state index in [0.717, 1.165) is 34.3 Å². The Morgan fingerprint density at radius 2 is 1.83 bits per heavy atom. The number of hydrogen-bond donors (Lipinski definition) is 0.